The Hall–Kier alpha value is -1.34. The van der Waals surface area contributed by atoms with Gasteiger partial charge in [0, 0.05) is 6.61 Å². The second-order valence-corrected chi connectivity index (χ2v) is 5.19. The zero-order valence-electron chi connectivity index (χ0n) is 14.7. The SMILES string of the molecule is CCCCOCCOCCOCCOCCOc1ccccc1N. The molecule has 0 aliphatic rings. The van der Waals surface area contributed by atoms with E-state index in [-0.39, 0.29) is 0 Å². The number of ether oxygens (including phenoxy) is 5. The molecule has 0 bridgehead atoms. The van der Waals surface area contributed by atoms with Gasteiger partial charge in [-0.1, -0.05) is 25.5 Å². The minimum absolute atomic E-state index is 0.468. The largest absolute Gasteiger partial charge is 0.489 e. The summed E-state index contributed by atoms with van der Waals surface area (Å²) in [5.41, 5.74) is 6.41. The molecule has 0 saturated heterocycles. The van der Waals surface area contributed by atoms with Crippen molar-refractivity contribution in [3.63, 3.8) is 0 Å². The predicted molar refractivity (Wildman–Crippen MR) is 94.5 cm³/mol. The van der Waals surface area contributed by atoms with Crippen molar-refractivity contribution in [3.8, 4) is 5.75 Å². The number of nitrogens with two attached hydrogens (primary N) is 1. The van der Waals surface area contributed by atoms with Gasteiger partial charge in [-0.2, -0.15) is 0 Å². The second kappa shape index (κ2) is 15.2. The summed E-state index contributed by atoms with van der Waals surface area (Å²) in [4.78, 5) is 0. The lowest BCUT2D eigenvalue weighted by Crippen LogP contribution is -2.14. The zero-order valence-corrected chi connectivity index (χ0v) is 14.7. The van der Waals surface area contributed by atoms with Crippen LogP contribution in [0.1, 0.15) is 19.8 Å². The fraction of sp³-hybridized carbons (Fsp3) is 0.667. The van der Waals surface area contributed by atoms with Crippen LogP contribution in [0.5, 0.6) is 5.75 Å². The van der Waals surface area contributed by atoms with Gasteiger partial charge in [-0.05, 0) is 18.6 Å². The number of anilines is 1. The van der Waals surface area contributed by atoms with Crippen LogP contribution in [0.2, 0.25) is 0 Å². The number of hydrogen-bond donors (Lipinski definition) is 1. The number of para-hydroxylation sites is 2. The van der Waals surface area contributed by atoms with E-state index >= 15 is 0 Å². The first-order valence-corrected chi connectivity index (χ1v) is 8.63. The van der Waals surface area contributed by atoms with Crippen LogP contribution in [0.25, 0.3) is 0 Å². The van der Waals surface area contributed by atoms with Crippen molar-refractivity contribution in [1.29, 1.82) is 0 Å². The maximum Gasteiger partial charge on any atom is 0.142 e. The zero-order chi connectivity index (χ0) is 17.3. The molecule has 1 aromatic carbocycles. The molecule has 0 spiro atoms. The van der Waals surface area contributed by atoms with Crippen molar-refractivity contribution >= 4 is 5.69 Å². The van der Waals surface area contributed by atoms with Crippen molar-refractivity contribution in [2.24, 2.45) is 0 Å². The lowest BCUT2D eigenvalue weighted by atomic mass is 10.3. The van der Waals surface area contributed by atoms with E-state index in [1.54, 1.807) is 0 Å². The molecule has 24 heavy (non-hydrogen) atoms. The number of rotatable bonds is 16. The molecule has 0 aromatic heterocycles. The van der Waals surface area contributed by atoms with Gasteiger partial charge in [0.1, 0.15) is 12.4 Å². The summed E-state index contributed by atoms with van der Waals surface area (Å²) in [7, 11) is 0. The molecule has 1 rings (SSSR count). The molecule has 0 amide bonds. The maximum absolute atomic E-state index is 5.78. The fourth-order valence-corrected chi connectivity index (χ4v) is 1.83. The van der Waals surface area contributed by atoms with Gasteiger partial charge >= 0.3 is 0 Å². The molecule has 6 heteroatoms. The topological polar surface area (TPSA) is 72.2 Å². The molecule has 0 aliphatic heterocycles. The molecule has 0 saturated carbocycles. The Labute approximate surface area is 145 Å². The molecule has 2 N–H and O–H groups in total. The Balaban J connectivity index is 1.77. The Morgan fingerprint density at radius 1 is 0.708 bits per heavy atom. The lowest BCUT2D eigenvalue weighted by Gasteiger charge is -2.09. The summed E-state index contributed by atoms with van der Waals surface area (Å²) in [5.74, 6) is 0.688. The van der Waals surface area contributed by atoms with Gasteiger partial charge in [0.15, 0.2) is 0 Å². The van der Waals surface area contributed by atoms with E-state index in [4.69, 9.17) is 29.4 Å². The monoisotopic (exact) mass is 341 g/mol. The first kappa shape index (κ1) is 20.7. The summed E-state index contributed by atoms with van der Waals surface area (Å²) in [6.07, 6.45) is 2.26. The van der Waals surface area contributed by atoms with Crippen LogP contribution in [-0.2, 0) is 18.9 Å². The summed E-state index contributed by atoms with van der Waals surface area (Å²) >= 11 is 0. The molecule has 138 valence electrons. The average molecular weight is 341 g/mol. The number of unbranched alkanes of at least 4 members (excludes halogenated alkanes) is 1. The third-order valence-corrected chi connectivity index (χ3v) is 3.16. The third-order valence-electron chi connectivity index (χ3n) is 3.16. The molecule has 0 atom stereocenters. The van der Waals surface area contributed by atoms with E-state index in [1.165, 1.54) is 0 Å². The van der Waals surface area contributed by atoms with E-state index in [1.807, 2.05) is 24.3 Å². The van der Waals surface area contributed by atoms with Crippen LogP contribution < -0.4 is 10.5 Å². The molecule has 0 heterocycles. The quantitative estimate of drug-likeness (QED) is 0.368. The van der Waals surface area contributed by atoms with Crippen molar-refractivity contribution < 1.29 is 23.7 Å². The molecule has 0 aliphatic carbocycles. The number of nitrogen functional groups attached to an aromatic ring is 1. The van der Waals surface area contributed by atoms with Gasteiger partial charge in [-0.3, -0.25) is 0 Å². The highest BCUT2D eigenvalue weighted by Gasteiger charge is 1.98. The summed E-state index contributed by atoms with van der Waals surface area (Å²) in [6.45, 7) is 7.42. The van der Waals surface area contributed by atoms with Crippen molar-refractivity contribution in [1.82, 2.24) is 0 Å². The van der Waals surface area contributed by atoms with Gasteiger partial charge < -0.3 is 29.4 Å². The highest BCUT2D eigenvalue weighted by molar-refractivity contribution is 5.51. The van der Waals surface area contributed by atoms with Crippen LogP contribution in [0.4, 0.5) is 5.69 Å². The average Bonchev–Trinajstić information content (AvgIpc) is 2.60. The number of benzene rings is 1. The minimum atomic E-state index is 0.468. The number of hydrogen-bond acceptors (Lipinski definition) is 6. The normalized spacial score (nSPS) is 10.9. The van der Waals surface area contributed by atoms with E-state index < -0.39 is 0 Å². The smallest absolute Gasteiger partial charge is 0.142 e. The molecule has 0 radical (unpaired) electrons. The molecule has 0 fully saturated rings. The summed E-state index contributed by atoms with van der Waals surface area (Å²) in [6, 6.07) is 7.41. The standard InChI is InChI=1S/C18H31NO5/c1-2-3-8-20-9-10-21-11-12-22-13-14-23-15-16-24-18-7-5-4-6-17(18)19/h4-7H,2-3,8-16,19H2,1H3. The van der Waals surface area contributed by atoms with Gasteiger partial charge in [-0.15, -0.1) is 0 Å². The Morgan fingerprint density at radius 2 is 1.21 bits per heavy atom. The van der Waals surface area contributed by atoms with E-state index in [2.05, 4.69) is 6.92 Å². The first-order valence-electron chi connectivity index (χ1n) is 8.63. The molecule has 0 unspecified atom stereocenters. The highest BCUT2D eigenvalue weighted by Crippen LogP contribution is 2.19. The summed E-state index contributed by atoms with van der Waals surface area (Å²) in [5, 5.41) is 0. The van der Waals surface area contributed by atoms with E-state index in [0.29, 0.717) is 64.3 Å². The lowest BCUT2D eigenvalue weighted by molar-refractivity contribution is -0.00476. The van der Waals surface area contributed by atoms with Gasteiger partial charge in [0.2, 0.25) is 0 Å². The molecular weight excluding hydrogens is 310 g/mol. The van der Waals surface area contributed by atoms with Crippen LogP contribution in [-0.4, -0.2) is 59.5 Å². The van der Waals surface area contributed by atoms with Gasteiger partial charge in [0.05, 0.1) is 51.9 Å². The highest BCUT2D eigenvalue weighted by atomic mass is 16.6. The van der Waals surface area contributed by atoms with Crippen LogP contribution in [0.3, 0.4) is 0 Å². The Kier molecular flexibility index (Phi) is 13.1. The van der Waals surface area contributed by atoms with Crippen LogP contribution >= 0.6 is 0 Å². The fourth-order valence-electron chi connectivity index (χ4n) is 1.83. The maximum atomic E-state index is 5.78. The van der Waals surface area contributed by atoms with Crippen molar-refractivity contribution in [2.45, 2.75) is 19.8 Å². The van der Waals surface area contributed by atoms with Crippen LogP contribution in [0, 0.1) is 0 Å². The molecule has 6 nitrogen and oxygen atoms in total. The van der Waals surface area contributed by atoms with Crippen LogP contribution in [0.15, 0.2) is 24.3 Å². The molecule has 1 aromatic rings. The van der Waals surface area contributed by atoms with Crippen molar-refractivity contribution in [3.05, 3.63) is 24.3 Å². The first-order chi connectivity index (χ1) is 11.8. The third kappa shape index (κ3) is 11.2. The van der Waals surface area contributed by atoms with E-state index in [0.717, 1.165) is 19.4 Å². The Bertz CT molecular complexity index is 403. The second-order valence-electron chi connectivity index (χ2n) is 5.19. The predicted octanol–water partition coefficient (Wildman–Crippen LogP) is 2.51. The van der Waals surface area contributed by atoms with Crippen molar-refractivity contribution in [2.75, 3.05) is 65.2 Å². The van der Waals surface area contributed by atoms with Gasteiger partial charge in [-0.25, -0.2) is 0 Å². The minimum Gasteiger partial charge on any atom is -0.489 e. The van der Waals surface area contributed by atoms with E-state index in [9.17, 15) is 0 Å². The molecular formula is C18H31NO5. The Morgan fingerprint density at radius 3 is 1.75 bits per heavy atom. The summed E-state index contributed by atoms with van der Waals surface area (Å²) < 4.78 is 27.1. The van der Waals surface area contributed by atoms with Gasteiger partial charge in [0.25, 0.3) is 0 Å².